The predicted octanol–water partition coefficient (Wildman–Crippen LogP) is 1.41. The van der Waals surface area contributed by atoms with Crippen molar-refractivity contribution in [3.8, 4) is 17.6 Å². The number of nitrogen functional groups attached to an aromatic ring is 1. The lowest BCUT2D eigenvalue weighted by atomic mass is 10.2. The summed E-state index contributed by atoms with van der Waals surface area (Å²) < 4.78 is 7.37. The molecule has 21 heavy (non-hydrogen) atoms. The molecule has 0 unspecified atom stereocenters. The molecule has 3 rings (SSSR count). The molecule has 0 atom stereocenters. The zero-order valence-electron chi connectivity index (χ0n) is 11.1. The van der Waals surface area contributed by atoms with Gasteiger partial charge in [-0.1, -0.05) is 0 Å². The molecule has 3 aromatic heterocycles. The largest absolute Gasteiger partial charge is 0.450 e. The van der Waals surface area contributed by atoms with Crippen LogP contribution in [0.25, 0.3) is 5.52 Å². The minimum Gasteiger partial charge on any atom is -0.450 e. The molecular weight excluding hydrogens is 270 g/mol. The highest BCUT2D eigenvalue weighted by Gasteiger charge is 2.15. The Morgan fingerprint density at radius 3 is 2.95 bits per heavy atom. The molecule has 0 radical (unpaired) electrons. The number of pyridine rings is 1. The molecule has 0 saturated heterocycles. The summed E-state index contributed by atoms with van der Waals surface area (Å²) in [6.07, 6.45) is 7.91. The zero-order valence-corrected chi connectivity index (χ0v) is 11.1. The third-order valence-electron chi connectivity index (χ3n) is 2.94. The number of hydrogen-bond donors (Lipinski definition) is 2. The smallest absolute Gasteiger partial charge is 0.174 e. The van der Waals surface area contributed by atoms with Crippen molar-refractivity contribution in [1.82, 2.24) is 19.6 Å². The van der Waals surface area contributed by atoms with Crippen LogP contribution >= 0.6 is 0 Å². The van der Waals surface area contributed by atoms with E-state index in [0.717, 1.165) is 0 Å². The molecule has 3 heterocycles. The number of nitrogens with zero attached hydrogens (tertiary/aromatic N) is 5. The van der Waals surface area contributed by atoms with Gasteiger partial charge in [0.05, 0.1) is 24.3 Å². The van der Waals surface area contributed by atoms with E-state index in [4.69, 9.17) is 10.5 Å². The van der Waals surface area contributed by atoms with Crippen molar-refractivity contribution in [1.29, 1.82) is 5.26 Å². The SMILES string of the molecule is CNc1c(N)ncc(Oc2cnn3ccncc23)c1C#N. The zero-order chi connectivity index (χ0) is 14.8. The first kappa shape index (κ1) is 12.7. The molecule has 0 aliphatic rings. The Hall–Kier alpha value is -3.34. The van der Waals surface area contributed by atoms with Crippen LogP contribution < -0.4 is 15.8 Å². The number of ether oxygens (including phenoxy) is 1. The Kier molecular flexibility index (Phi) is 3.00. The summed E-state index contributed by atoms with van der Waals surface area (Å²) >= 11 is 0. The molecule has 3 N–H and O–H groups in total. The topological polar surface area (TPSA) is 114 Å². The van der Waals surface area contributed by atoms with Crippen molar-refractivity contribution >= 4 is 17.0 Å². The fraction of sp³-hybridized carbons (Fsp3) is 0.0769. The quantitative estimate of drug-likeness (QED) is 0.745. The molecule has 3 aromatic rings. The van der Waals surface area contributed by atoms with Gasteiger partial charge in [0.25, 0.3) is 0 Å². The van der Waals surface area contributed by atoms with Crippen molar-refractivity contribution in [2.45, 2.75) is 0 Å². The molecule has 0 amide bonds. The van der Waals surface area contributed by atoms with Gasteiger partial charge in [0, 0.05) is 19.4 Å². The first-order valence-corrected chi connectivity index (χ1v) is 6.06. The Balaban J connectivity index is 2.08. The summed E-state index contributed by atoms with van der Waals surface area (Å²) in [5.74, 6) is 1.02. The number of aromatic nitrogens is 4. The number of fused-ring (bicyclic) bond motifs is 1. The predicted molar refractivity (Wildman–Crippen MR) is 76.0 cm³/mol. The summed E-state index contributed by atoms with van der Waals surface area (Å²) in [7, 11) is 1.66. The van der Waals surface area contributed by atoms with Crippen LogP contribution in [-0.2, 0) is 0 Å². The lowest BCUT2D eigenvalue weighted by Gasteiger charge is -2.11. The molecule has 0 saturated carbocycles. The van der Waals surface area contributed by atoms with Crippen LogP contribution in [0.3, 0.4) is 0 Å². The minimum absolute atomic E-state index is 0.239. The van der Waals surface area contributed by atoms with E-state index in [9.17, 15) is 5.26 Å². The van der Waals surface area contributed by atoms with Crippen molar-refractivity contribution in [2.24, 2.45) is 0 Å². The number of anilines is 2. The molecule has 8 heteroatoms. The Bertz CT molecular complexity index is 849. The average Bonchev–Trinajstić information content (AvgIpc) is 2.92. The maximum absolute atomic E-state index is 9.31. The third-order valence-corrected chi connectivity index (χ3v) is 2.94. The maximum Gasteiger partial charge on any atom is 0.174 e. The van der Waals surface area contributed by atoms with Gasteiger partial charge in [0.15, 0.2) is 11.5 Å². The van der Waals surface area contributed by atoms with Crippen LogP contribution in [0.2, 0.25) is 0 Å². The Labute approximate surface area is 119 Å². The first-order valence-electron chi connectivity index (χ1n) is 6.06. The lowest BCUT2D eigenvalue weighted by molar-refractivity contribution is 0.484. The molecule has 0 fully saturated rings. The second-order valence-electron chi connectivity index (χ2n) is 4.14. The highest BCUT2D eigenvalue weighted by atomic mass is 16.5. The average molecular weight is 281 g/mol. The van der Waals surface area contributed by atoms with E-state index < -0.39 is 0 Å². The number of nitrogens with two attached hydrogens (primary N) is 1. The van der Waals surface area contributed by atoms with Gasteiger partial charge in [0.2, 0.25) is 0 Å². The summed E-state index contributed by atoms with van der Waals surface area (Å²) in [4.78, 5) is 8.04. The summed E-state index contributed by atoms with van der Waals surface area (Å²) in [6.45, 7) is 0. The van der Waals surface area contributed by atoms with E-state index in [1.54, 1.807) is 36.4 Å². The van der Waals surface area contributed by atoms with Gasteiger partial charge in [-0.05, 0) is 0 Å². The molecule has 0 aliphatic carbocycles. The number of hydrogen-bond acceptors (Lipinski definition) is 7. The summed E-state index contributed by atoms with van der Waals surface area (Å²) in [5.41, 5.74) is 7.14. The van der Waals surface area contributed by atoms with Crippen molar-refractivity contribution < 1.29 is 4.74 Å². The van der Waals surface area contributed by atoms with Gasteiger partial charge >= 0.3 is 0 Å². The highest BCUT2D eigenvalue weighted by molar-refractivity contribution is 5.74. The van der Waals surface area contributed by atoms with Crippen molar-refractivity contribution in [2.75, 3.05) is 18.1 Å². The Morgan fingerprint density at radius 2 is 2.19 bits per heavy atom. The first-order chi connectivity index (χ1) is 10.2. The molecule has 0 aliphatic heterocycles. The van der Waals surface area contributed by atoms with Crippen LogP contribution in [0.1, 0.15) is 5.56 Å². The maximum atomic E-state index is 9.31. The van der Waals surface area contributed by atoms with Crippen molar-refractivity contribution in [3.63, 3.8) is 0 Å². The van der Waals surface area contributed by atoms with E-state index in [1.165, 1.54) is 6.20 Å². The number of nitrogens with one attached hydrogen (secondary N) is 1. The van der Waals surface area contributed by atoms with Crippen molar-refractivity contribution in [3.05, 3.63) is 36.5 Å². The van der Waals surface area contributed by atoms with Gasteiger partial charge in [-0.2, -0.15) is 10.4 Å². The fourth-order valence-corrected chi connectivity index (χ4v) is 1.96. The van der Waals surface area contributed by atoms with Gasteiger partial charge in [-0.15, -0.1) is 0 Å². The van der Waals surface area contributed by atoms with E-state index in [2.05, 4.69) is 26.5 Å². The second-order valence-corrected chi connectivity index (χ2v) is 4.14. The van der Waals surface area contributed by atoms with Gasteiger partial charge in [-0.25, -0.2) is 9.50 Å². The van der Waals surface area contributed by atoms with Gasteiger partial charge in [0.1, 0.15) is 23.0 Å². The fourth-order valence-electron chi connectivity index (χ4n) is 1.96. The molecule has 0 bridgehead atoms. The number of rotatable bonds is 3. The normalized spacial score (nSPS) is 10.3. The minimum atomic E-state index is 0.239. The number of nitriles is 1. The molecular formula is C13H11N7O. The standard InChI is InChI=1S/C13H11N7O/c1-16-12-8(4-14)10(6-18-13(12)15)21-11-7-19-20-3-2-17-5-9(11)20/h2-3,5-7,16H,1H3,(H2,15,18). The third kappa shape index (κ3) is 2.06. The van der Waals surface area contributed by atoms with E-state index in [-0.39, 0.29) is 11.4 Å². The highest BCUT2D eigenvalue weighted by Crippen LogP contribution is 2.33. The van der Waals surface area contributed by atoms with Crippen LogP contribution in [0.5, 0.6) is 11.5 Å². The van der Waals surface area contributed by atoms with E-state index in [1.807, 2.05) is 0 Å². The summed E-state index contributed by atoms with van der Waals surface area (Å²) in [6, 6.07) is 2.07. The van der Waals surface area contributed by atoms with Gasteiger partial charge < -0.3 is 15.8 Å². The molecule has 0 aromatic carbocycles. The van der Waals surface area contributed by atoms with Crippen LogP contribution in [0, 0.1) is 11.3 Å². The Morgan fingerprint density at radius 1 is 1.33 bits per heavy atom. The molecule has 8 nitrogen and oxygen atoms in total. The molecule has 104 valence electrons. The van der Waals surface area contributed by atoms with Gasteiger partial charge in [-0.3, -0.25) is 4.98 Å². The van der Waals surface area contributed by atoms with Crippen LogP contribution in [0.15, 0.2) is 31.0 Å². The van der Waals surface area contributed by atoms with Crippen LogP contribution in [-0.4, -0.2) is 26.6 Å². The monoisotopic (exact) mass is 281 g/mol. The summed E-state index contributed by atoms with van der Waals surface area (Å²) in [5, 5.41) is 16.3. The van der Waals surface area contributed by atoms with Crippen LogP contribution in [0.4, 0.5) is 11.5 Å². The molecule has 0 spiro atoms. The lowest BCUT2D eigenvalue weighted by Crippen LogP contribution is -2.03. The van der Waals surface area contributed by atoms with E-state index >= 15 is 0 Å². The second kappa shape index (κ2) is 4.97. The van der Waals surface area contributed by atoms with E-state index in [0.29, 0.717) is 22.7 Å².